The monoisotopic (exact) mass is 366 g/mol. The number of carbonyl (C=O) groups is 1. The Morgan fingerprint density at radius 2 is 2.25 bits per heavy atom. The third-order valence-electron chi connectivity index (χ3n) is 2.67. The molecule has 0 amide bonds. The molecule has 1 heterocycles. The maximum atomic E-state index is 12.3. The van der Waals surface area contributed by atoms with Gasteiger partial charge in [0.25, 0.3) is 0 Å². The molecule has 0 radical (unpaired) electrons. The summed E-state index contributed by atoms with van der Waals surface area (Å²) in [7, 11) is 0. The van der Waals surface area contributed by atoms with Gasteiger partial charge in [-0.25, -0.2) is 0 Å². The van der Waals surface area contributed by atoms with E-state index in [0.29, 0.717) is 5.02 Å². The van der Waals surface area contributed by atoms with Gasteiger partial charge in [-0.05, 0) is 59.4 Å². The first-order chi connectivity index (χ1) is 7.68. The van der Waals surface area contributed by atoms with Crippen LogP contribution in [0.3, 0.4) is 0 Å². The number of Topliss-reactive ketones (excluding diaryl/α,β-unsaturated/α-hetero) is 1. The summed E-state index contributed by atoms with van der Waals surface area (Å²) in [5.74, 6) is 1.35. The van der Waals surface area contributed by atoms with E-state index in [9.17, 15) is 4.79 Å². The maximum Gasteiger partial charge on any atom is 0.176 e. The van der Waals surface area contributed by atoms with Gasteiger partial charge < -0.3 is 0 Å². The van der Waals surface area contributed by atoms with Crippen LogP contribution in [0.15, 0.2) is 18.2 Å². The lowest BCUT2D eigenvalue weighted by atomic mass is 10.0. The number of hydrogen-bond acceptors (Lipinski definition) is 2. The minimum absolute atomic E-state index is 0.140. The minimum Gasteiger partial charge on any atom is -0.293 e. The normalized spacial score (nSPS) is 20.8. The van der Waals surface area contributed by atoms with E-state index in [4.69, 9.17) is 11.6 Å². The van der Waals surface area contributed by atoms with Crippen molar-refractivity contribution in [1.29, 1.82) is 0 Å². The lowest BCUT2D eigenvalue weighted by Gasteiger charge is -2.20. The summed E-state index contributed by atoms with van der Waals surface area (Å²) in [6.07, 6.45) is 3.41. The molecule has 1 saturated heterocycles. The lowest BCUT2D eigenvalue weighted by Crippen LogP contribution is -2.21. The first-order valence-corrected chi connectivity index (χ1v) is 7.80. The fourth-order valence-electron chi connectivity index (χ4n) is 1.81. The summed E-state index contributed by atoms with van der Waals surface area (Å²) in [4.78, 5) is 12.3. The van der Waals surface area contributed by atoms with Gasteiger partial charge in [0.1, 0.15) is 0 Å². The zero-order valence-corrected chi connectivity index (χ0v) is 12.4. The molecular formula is C12H12ClIOS. The minimum atomic E-state index is 0.140. The fourth-order valence-corrected chi connectivity index (χ4v) is 3.85. The molecule has 1 aromatic rings. The van der Waals surface area contributed by atoms with Crippen molar-refractivity contribution in [3.8, 4) is 0 Å². The first kappa shape index (κ1) is 12.7. The number of carbonyl (C=O) groups excluding carboxylic acids is 1. The molecule has 1 aromatic carbocycles. The van der Waals surface area contributed by atoms with Crippen molar-refractivity contribution in [1.82, 2.24) is 0 Å². The highest BCUT2D eigenvalue weighted by Crippen LogP contribution is 2.30. The molecule has 1 fully saturated rings. The van der Waals surface area contributed by atoms with E-state index in [0.717, 1.165) is 21.3 Å². The molecule has 1 atom stereocenters. The Balaban J connectivity index is 2.22. The Labute approximate surface area is 118 Å². The molecule has 86 valence electrons. The second-order valence-electron chi connectivity index (χ2n) is 3.84. The van der Waals surface area contributed by atoms with Gasteiger partial charge in [-0.3, -0.25) is 4.79 Å². The van der Waals surface area contributed by atoms with E-state index in [1.807, 2.05) is 12.1 Å². The zero-order valence-electron chi connectivity index (χ0n) is 8.71. The lowest BCUT2D eigenvalue weighted by molar-refractivity contribution is 0.0984. The Morgan fingerprint density at radius 3 is 2.94 bits per heavy atom. The van der Waals surface area contributed by atoms with Crippen molar-refractivity contribution >= 4 is 51.7 Å². The summed E-state index contributed by atoms with van der Waals surface area (Å²) in [5, 5.41) is 0.783. The Bertz CT molecular complexity index is 402. The number of ketones is 1. The van der Waals surface area contributed by atoms with E-state index in [1.54, 1.807) is 17.8 Å². The van der Waals surface area contributed by atoms with Gasteiger partial charge in [0.15, 0.2) is 5.78 Å². The van der Waals surface area contributed by atoms with E-state index >= 15 is 0 Å². The van der Waals surface area contributed by atoms with Crippen LogP contribution in [0, 0.1) is 3.57 Å². The number of halogens is 2. The first-order valence-electron chi connectivity index (χ1n) is 5.29. The predicted octanol–water partition coefficient (Wildman–Crippen LogP) is 4.41. The highest BCUT2D eigenvalue weighted by atomic mass is 127. The van der Waals surface area contributed by atoms with Crippen LogP contribution in [0.4, 0.5) is 0 Å². The number of thioether (sulfide) groups is 1. The maximum absolute atomic E-state index is 12.3. The van der Waals surface area contributed by atoms with Gasteiger partial charge in [-0.15, -0.1) is 0 Å². The Kier molecular flexibility index (Phi) is 4.56. The van der Waals surface area contributed by atoms with Crippen LogP contribution in [-0.2, 0) is 0 Å². The van der Waals surface area contributed by atoms with Gasteiger partial charge in [0.2, 0.25) is 0 Å². The quantitative estimate of drug-likeness (QED) is 0.569. The molecule has 0 spiro atoms. The highest BCUT2D eigenvalue weighted by molar-refractivity contribution is 14.1. The number of benzene rings is 1. The van der Waals surface area contributed by atoms with Gasteiger partial charge in [-0.2, -0.15) is 11.8 Å². The summed E-state index contributed by atoms with van der Waals surface area (Å²) >= 11 is 9.92. The van der Waals surface area contributed by atoms with E-state index in [-0.39, 0.29) is 11.0 Å². The molecule has 0 aliphatic carbocycles. The molecule has 1 aliphatic rings. The van der Waals surface area contributed by atoms with Crippen molar-refractivity contribution < 1.29 is 4.79 Å². The summed E-state index contributed by atoms with van der Waals surface area (Å²) in [6, 6.07) is 5.53. The highest BCUT2D eigenvalue weighted by Gasteiger charge is 2.24. The largest absolute Gasteiger partial charge is 0.293 e. The second kappa shape index (κ2) is 5.74. The second-order valence-corrected chi connectivity index (χ2v) is 6.75. The number of rotatable bonds is 2. The topological polar surface area (TPSA) is 17.1 Å². The summed E-state index contributed by atoms with van der Waals surface area (Å²) in [5.41, 5.74) is 0.785. The third-order valence-corrected chi connectivity index (χ3v) is 5.22. The van der Waals surface area contributed by atoms with E-state index < -0.39 is 0 Å². The van der Waals surface area contributed by atoms with Crippen LogP contribution in [-0.4, -0.2) is 16.8 Å². The molecule has 2 rings (SSSR count). The van der Waals surface area contributed by atoms with Gasteiger partial charge in [0, 0.05) is 14.2 Å². The average Bonchev–Trinajstić information content (AvgIpc) is 2.32. The summed E-state index contributed by atoms with van der Waals surface area (Å²) < 4.78 is 0.998. The van der Waals surface area contributed by atoms with Crippen LogP contribution < -0.4 is 0 Å². The molecule has 0 N–H and O–H groups in total. The fraction of sp³-hybridized carbons (Fsp3) is 0.417. The van der Waals surface area contributed by atoms with E-state index in [1.165, 1.54) is 12.8 Å². The van der Waals surface area contributed by atoms with Crippen molar-refractivity contribution in [2.45, 2.75) is 24.5 Å². The molecule has 0 saturated carbocycles. The van der Waals surface area contributed by atoms with Gasteiger partial charge in [-0.1, -0.05) is 18.0 Å². The molecule has 16 heavy (non-hydrogen) atoms. The Hall–Kier alpha value is 0.260. The molecule has 1 nitrogen and oxygen atoms in total. The predicted molar refractivity (Wildman–Crippen MR) is 78.6 cm³/mol. The van der Waals surface area contributed by atoms with Gasteiger partial charge >= 0.3 is 0 Å². The Morgan fingerprint density at radius 1 is 1.44 bits per heavy atom. The van der Waals surface area contributed by atoms with Crippen LogP contribution in [0.25, 0.3) is 0 Å². The zero-order chi connectivity index (χ0) is 11.5. The molecule has 1 aliphatic heterocycles. The smallest absolute Gasteiger partial charge is 0.176 e. The average molecular weight is 367 g/mol. The van der Waals surface area contributed by atoms with Crippen LogP contribution in [0.1, 0.15) is 29.6 Å². The molecule has 4 heteroatoms. The molecule has 0 bridgehead atoms. The van der Waals surface area contributed by atoms with E-state index in [2.05, 4.69) is 22.6 Å². The van der Waals surface area contributed by atoms with Crippen molar-refractivity contribution in [2.75, 3.05) is 5.75 Å². The molecular weight excluding hydrogens is 355 g/mol. The SMILES string of the molecule is O=C(c1cc(Cl)ccc1I)C1CCCCS1. The van der Waals surface area contributed by atoms with Gasteiger partial charge in [0.05, 0.1) is 5.25 Å². The van der Waals surface area contributed by atoms with Crippen LogP contribution in [0.5, 0.6) is 0 Å². The number of hydrogen-bond donors (Lipinski definition) is 0. The van der Waals surface area contributed by atoms with Crippen LogP contribution >= 0.6 is 46.0 Å². The van der Waals surface area contributed by atoms with Crippen molar-refractivity contribution in [2.24, 2.45) is 0 Å². The standard InChI is InChI=1S/C12H12ClIOS/c13-8-4-5-10(14)9(7-8)12(15)11-3-1-2-6-16-11/h4-5,7,11H,1-3,6H2. The van der Waals surface area contributed by atoms with Crippen molar-refractivity contribution in [3.63, 3.8) is 0 Å². The van der Waals surface area contributed by atoms with Crippen molar-refractivity contribution in [3.05, 3.63) is 32.4 Å². The third kappa shape index (κ3) is 2.93. The van der Waals surface area contributed by atoms with Crippen LogP contribution in [0.2, 0.25) is 5.02 Å². The summed E-state index contributed by atoms with van der Waals surface area (Å²) in [6.45, 7) is 0. The molecule has 0 aromatic heterocycles. The molecule has 1 unspecified atom stereocenters.